The van der Waals surface area contributed by atoms with Crippen molar-refractivity contribution in [3.05, 3.63) is 70.6 Å². The van der Waals surface area contributed by atoms with Crippen molar-refractivity contribution in [3.8, 4) is 0 Å². The molecule has 1 fully saturated rings. The molecule has 1 aromatic heterocycles. The third-order valence-corrected chi connectivity index (χ3v) is 4.46. The first kappa shape index (κ1) is 17.4. The number of carbonyl (C=O) groups excluding carboxylic acids is 1. The highest BCUT2D eigenvalue weighted by atomic mass is 16.5. The molecule has 25 heavy (non-hydrogen) atoms. The van der Waals surface area contributed by atoms with E-state index in [1.807, 2.05) is 30.3 Å². The SMILES string of the molecule is O=C(Cn1ccccc1=O)N1CCOC(CO)(Cc2ccccc2)C1. The number of aliphatic hydroxyl groups excluding tert-OH is 1. The van der Waals surface area contributed by atoms with E-state index < -0.39 is 5.60 Å². The Morgan fingerprint density at radius 1 is 1.16 bits per heavy atom. The fourth-order valence-electron chi connectivity index (χ4n) is 3.12. The molecule has 0 bridgehead atoms. The van der Waals surface area contributed by atoms with Crippen LogP contribution in [-0.4, -0.2) is 52.4 Å². The fraction of sp³-hybridized carbons (Fsp3) is 0.368. The van der Waals surface area contributed by atoms with Gasteiger partial charge in [-0.2, -0.15) is 0 Å². The van der Waals surface area contributed by atoms with Crippen LogP contribution in [0.1, 0.15) is 5.56 Å². The number of ether oxygens (including phenoxy) is 1. The first-order chi connectivity index (χ1) is 12.1. The van der Waals surface area contributed by atoms with E-state index in [-0.39, 0.29) is 24.6 Å². The van der Waals surface area contributed by atoms with E-state index in [2.05, 4.69) is 0 Å². The van der Waals surface area contributed by atoms with Crippen LogP contribution < -0.4 is 5.56 Å². The summed E-state index contributed by atoms with van der Waals surface area (Å²) in [6, 6.07) is 14.6. The summed E-state index contributed by atoms with van der Waals surface area (Å²) < 4.78 is 7.25. The maximum absolute atomic E-state index is 12.6. The predicted molar refractivity (Wildman–Crippen MR) is 93.2 cm³/mol. The Bertz CT molecular complexity index is 774. The van der Waals surface area contributed by atoms with Crippen LogP contribution >= 0.6 is 0 Å². The van der Waals surface area contributed by atoms with Crippen molar-refractivity contribution in [2.75, 3.05) is 26.3 Å². The van der Waals surface area contributed by atoms with Gasteiger partial charge in [-0.15, -0.1) is 0 Å². The Morgan fingerprint density at radius 2 is 1.92 bits per heavy atom. The molecule has 6 nitrogen and oxygen atoms in total. The summed E-state index contributed by atoms with van der Waals surface area (Å²) in [6.07, 6.45) is 2.13. The van der Waals surface area contributed by atoms with Gasteiger partial charge < -0.3 is 19.3 Å². The molecule has 1 unspecified atom stereocenters. The van der Waals surface area contributed by atoms with E-state index in [1.54, 1.807) is 23.2 Å². The summed E-state index contributed by atoms with van der Waals surface area (Å²) in [6.45, 7) is 0.946. The lowest BCUT2D eigenvalue weighted by molar-refractivity contribution is -0.158. The molecule has 2 aromatic rings. The van der Waals surface area contributed by atoms with Crippen molar-refractivity contribution in [2.45, 2.75) is 18.6 Å². The minimum Gasteiger partial charge on any atom is -0.393 e. The van der Waals surface area contributed by atoms with Gasteiger partial charge in [-0.1, -0.05) is 36.4 Å². The van der Waals surface area contributed by atoms with Gasteiger partial charge in [-0.25, -0.2) is 0 Å². The maximum atomic E-state index is 12.6. The minimum atomic E-state index is -0.809. The molecule has 1 aromatic carbocycles. The van der Waals surface area contributed by atoms with Crippen LogP contribution in [0.5, 0.6) is 0 Å². The van der Waals surface area contributed by atoms with Crippen LogP contribution in [0.2, 0.25) is 0 Å². The molecular formula is C19H22N2O4. The van der Waals surface area contributed by atoms with Gasteiger partial charge >= 0.3 is 0 Å². The molecular weight excluding hydrogens is 320 g/mol. The molecule has 1 amide bonds. The number of pyridine rings is 1. The van der Waals surface area contributed by atoms with Gasteiger partial charge in [0.2, 0.25) is 5.91 Å². The third-order valence-electron chi connectivity index (χ3n) is 4.46. The Kier molecular flexibility index (Phi) is 5.31. The van der Waals surface area contributed by atoms with Crippen molar-refractivity contribution in [2.24, 2.45) is 0 Å². The van der Waals surface area contributed by atoms with E-state index in [9.17, 15) is 14.7 Å². The second-order valence-electron chi connectivity index (χ2n) is 6.33. The largest absolute Gasteiger partial charge is 0.393 e. The number of aromatic nitrogens is 1. The molecule has 132 valence electrons. The molecule has 1 aliphatic rings. The fourth-order valence-corrected chi connectivity index (χ4v) is 3.12. The van der Waals surface area contributed by atoms with Crippen molar-refractivity contribution in [1.82, 2.24) is 9.47 Å². The summed E-state index contributed by atoms with van der Waals surface area (Å²) in [5.41, 5.74) is 0.0311. The first-order valence-electron chi connectivity index (χ1n) is 8.34. The van der Waals surface area contributed by atoms with E-state index >= 15 is 0 Å². The predicted octanol–water partition coefficient (Wildman–Crippen LogP) is 0.681. The Hall–Kier alpha value is -2.44. The normalized spacial score (nSPS) is 20.4. The summed E-state index contributed by atoms with van der Waals surface area (Å²) in [5.74, 6) is -0.150. The van der Waals surface area contributed by atoms with Gasteiger partial charge in [0, 0.05) is 25.2 Å². The lowest BCUT2D eigenvalue weighted by atomic mass is 9.93. The molecule has 0 saturated carbocycles. The second-order valence-corrected chi connectivity index (χ2v) is 6.33. The zero-order valence-corrected chi connectivity index (χ0v) is 14.0. The van der Waals surface area contributed by atoms with E-state index in [0.29, 0.717) is 26.1 Å². The van der Waals surface area contributed by atoms with Crippen molar-refractivity contribution >= 4 is 5.91 Å². The van der Waals surface area contributed by atoms with Crippen molar-refractivity contribution in [1.29, 1.82) is 0 Å². The molecule has 6 heteroatoms. The van der Waals surface area contributed by atoms with Crippen molar-refractivity contribution < 1.29 is 14.6 Å². The number of hydrogen-bond acceptors (Lipinski definition) is 4. The first-order valence-corrected chi connectivity index (χ1v) is 8.34. The quantitative estimate of drug-likeness (QED) is 0.867. The standard InChI is InChI=1S/C19H22N2O4/c22-15-19(12-16-6-2-1-3-7-16)14-21(10-11-25-19)18(24)13-20-9-5-4-8-17(20)23/h1-9,22H,10-15H2. The average Bonchev–Trinajstić information content (AvgIpc) is 2.64. The van der Waals surface area contributed by atoms with Crippen LogP contribution in [0.3, 0.4) is 0 Å². The summed E-state index contributed by atoms with van der Waals surface area (Å²) in [7, 11) is 0. The number of morpholine rings is 1. The Labute approximate surface area is 146 Å². The van der Waals surface area contributed by atoms with Gasteiger partial charge in [0.25, 0.3) is 5.56 Å². The van der Waals surface area contributed by atoms with Crippen LogP contribution in [0.4, 0.5) is 0 Å². The van der Waals surface area contributed by atoms with Gasteiger partial charge in [0.1, 0.15) is 12.1 Å². The highest BCUT2D eigenvalue weighted by Gasteiger charge is 2.38. The molecule has 2 heterocycles. The Morgan fingerprint density at radius 3 is 2.64 bits per heavy atom. The summed E-state index contributed by atoms with van der Waals surface area (Å²) in [4.78, 5) is 26.1. The maximum Gasteiger partial charge on any atom is 0.250 e. The lowest BCUT2D eigenvalue weighted by Crippen LogP contribution is -2.57. The smallest absolute Gasteiger partial charge is 0.250 e. The highest BCUT2D eigenvalue weighted by molar-refractivity contribution is 5.76. The van der Waals surface area contributed by atoms with E-state index in [4.69, 9.17) is 4.74 Å². The summed E-state index contributed by atoms with van der Waals surface area (Å²) in [5, 5.41) is 9.92. The minimum absolute atomic E-state index is 0.00742. The highest BCUT2D eigenvalue weighted by Crippen LogP contribution is 2.23. The average molecular weight is 342 g/mol. The topological polar surface area (TPSA) is 71.8 Å². The number of benzene rings is 1. The van der Waals surface area contributed by atoms with Gasteiger partial charge in [0.05, 0.1) is 19.8 Å². The lowest BCUT2D eigenvalue weighted by Gasteiger charge is -2.42. The van der Waals surface area contributed by atoms with E-state index in [0.717, 1.165) is 5.56 Å². The van der Waals surface area contributed by atoms with Crippen LogP contribution in [0.15, 0.2) is 59.5 Å². The molecule has 0 aliphatic carbocycles. The number of nitrogens with zero attached hydrogens (tertiary/aromatic N) is 2. The van der Waals surface area contributed by atoms with Crippen molar-refractivity contribution in [3.63, 3.8) is 0 Å². The van der Waals surface area contributed by atoms with Crippen LogP contribution in [-0.2, 0) is 22.5 Å². The number of aliphatic hydroxyl groups is 1. The Balaban J connectivity index is 1.71. The third kappa shape index (κ3) is 4.15. The second kappa shape index (κ2) is 7.63. The van der Waals surface area contributed by atoms with Crippen LogP contribution in [0, 0.1) is 0 Å². The number of rotatable bonds is 5. The number of carbonyl (C=O) groups is 1. The molecule has 0 radical (unpaired) electrons. The van der Waals surface area contributed by atoms with Gasteiger partial charge in [0.15, 0.2) is 0 Å². The molecule has 1 N–H and O–H groups in total. The van der Waals surface area contributed by atoms with Gasteiger partial charge in [-0.3, -0.25) is 9.59 Å². The van der Waals surface area contributed by atoms with Crippen LogP contribution in [0.25, 0.3) is 0 Å². The zero-order valence-electron chi connectivity index (χ0n) is 14.0. The van der Waals surface area contributed by atoms with E-state index in [1.165, 1.54) is 10.6 Å². The monoisotopic (exact) mass is 342 g/mol. The molecule has 1 aliphatic heterocycles. The molecule has 0 spiro atoms. The zero-order chi connectivity index (χ0) is 17.7. The number of amides is 1. The summed E-state index contributed by atoms with van der Waals surface area (Å²) >= 11 is 0. The van der Waals surface area contributed by atoms with Gasteiger partial charge in [-0.05, 0) is 11.6 Å². The number of hydrogen-bond donors (Lipinski definition) is 1. The molecule has 1 saturated heterocycles. The molecule has 3 rings (SSSR count). The molecule has 1 atom stereocenters.